The molecular weight excluding hydrogens is 354 g/mol. The van der Waals surface area contributed by atoms with Gasteiger partial charge in [0.1, 0.15) is 21.5 Å². The van der Waals surface area contributed by atoms with E-state index in [0.29, 0.717) is 35.5 Å². The fraction of sp³-hybridized carbons (Fsp3) is 0.200. The van der Waals surface area contributed by atoms with Crippen molar-refractivity contribution in [1.82, 2.24) is 4.98 Å². The molecule has 132 valence electrons. The van der Waals surface area contributed by atoms with E-state index in [2.05, 4.69) is 4.98 Å². The maximum absolute atomic E-state index is 14.4. The van der Waals surface area contributed by atoms with Gasteiger partial charge in [-0.3, -0.25) is 4.79 Å². The monoisotopic (exact) mass is 370 g/mol. The fourth-order valence-electron chi connectivity index (χ4n) is 3.28. The van der Waals surface area contributed by atoms with E-state index in [0.717, 1.165) is 16.6 Å². The Labute approximate surface area is 153 Å². The smallest absolute Gasteiger partial charge is 0.270 e. The summed E-state index contributed by atoms with van der Waals surface area (Å²) in [4.78, 5) is 19.5. The van der Waals surface area contributed by atoms with Crippen LogP contribution in [0.1, 0.15) is 27.3 Å². The second-order valence-electron chi connectivity index (χ2n) is 6.26. The molecule has 1 aliphatic heterocycles. The molecule has 0 bridgehead atoms. The number of anilines is 1. The molecule has 1 aromatic heterocycles. The van der Waals surface area contributed by atoms with Crippen molar-refractivity contribution < 1.29 is 13.6 Å². The van der Waals surface area contributed by atoms with Crippen LogP contribution in [-0.2, 0) is 6.42 Å². The highest BCUT2D eigenvalue weighted by molar-refractivity contribution is 7.17. The summed E-state index contributed by atoms with van der Waals surface area (Å²) < 4.78 is 27.9. The van der Waals surface area contributed by atoms with Gasteiger partial charge in [0.05, 0.1) is 11.4 Å². The van der Waals surface area contributed by atoms with Gasteiger partial charge in [0.2, 0.25) is 0 Å². The molecule has 3 nitrogen and oxygen atoms in total. The SMILES string of the molecule is Cc1nc(-c2ccccc2)sc1C(=O)N1CCCc2cc(F)cc(F)c21. The van der Waals surface area contributed by atoms with E-state index >= 15 is 0 Å². The number of halogens is 2. The average Bonchev–Trinajstić information content (AvgIpc) is 3.03. The van der Waals surface area contributed by atoms with Crippen molar-refractivity contribution in [2.24, 2.45) is 0 Å². The zero-order valence-electron chi connectivity index (χ0n) is 14.1. The van der Waals surface area contributed by atoms with Crippen LogP contribution < -0.4 is 4.90 Å². The van der Waals surface area contributed by atoms with Gasteiger partial charge < -0.3 is 4.90 Å². The lowest BCUT2D eigenvalue weighted by Gasteiger charge is -2.29. The Hall–Kier alpha value is -2.60. The maximum Gasteiger partial charge on any atom is 0.270 e. The minimum Gasteiger partial charge on any atom is -0.305 e. The lowest BCUT2D eigenvalue weighted by molar-refractivity contribution is 0.0987. The number of carbonyl (C=O) groups excluding carboxylic acids is 1. The minimum absolute atomic E-state index is 0.191. The molecular formula is C20H16F2N2OS. The first-order valence-corrected chi connectivity index (χ1v) is 9.19. The Morgan fingerprint density at radius 2 is 1.96 bits per heavy atom. The predicted molar refractivity (Wildman–Crippen MR) is 98.6 cm³/mol. The third-order valence-electron chi connectivity index (χ3n) is 4.46. The molecule has 0 spiro atoms. The highest BCUT2D eigenvalue weighted by Gasteiger charge is 2.29. The van der Waals surface area contributed by atoms with Gasteiger partial charge in [0.25, 0.3) is 5.91 Å². The molecule has 0 radical (unpaired) electrons. The molecule has 1 aliphatic rings. The van der Waals surface area contributed by atoms with Crippen LogP contribution in [0.5, 0.6) is 0 Å². The zero-order valence-corrected chi connectivity index (χ0v) is 14.9. The third kappa shape index (κ3) is 2.90. The Morgan fingerprint density at radius 3 is 2.73 bits per heavy atom. The Bertz CT molecular complexity index is 985. The number of hydrogen-bond donors (Lipinski definition) is 0. The standard InChI is InChI=1S/C20H16F2N2OS/c1-12-18(26-19(23-12)13-6-3-2-4-7-13)20(25)24-9-5-8-14-10-15(21)11-16(22)17(14)24/h2-4,6-7,10-11H,5,8-9H2,1H3. The summed E-state index contributed by atoms with van der Waals surface area (Å²) in [6, 6.07) is 11.8. The minimum atomic E-state index is -0.696. The number of carbonyl (C=O) groups is 1. The first kappa shape index (κ1) is 16.8. The van der Waals surface area contributed by atoms with E-state index in [4.69, 9.17) is 0 Å². The molecule has 0 unspecified atom stereocenters. The maximum atomic E-state index is 14.4. The predicted octanol–water partition coefficient (Wildman–Crippen LogP) is 4.99. The summed E-state index contributed by atoms with van der Waals surface area (Å²) in [5.41, 5.74) is 2.28. The van der Waals surface area contributed by atoms with Crippen LogP contribution >= 0.6 is 11.3 Å². The van der Waals surface area contributed by atoms with Crippen molar-refractivity contribution in [1.29, 1.82) is 0 Å². The number of rotatable bonds is 2. The molecule has 6 heteroatoms. The van der Waals surface area contributed by atoms with Gasteiger partial charge in [-0.25, -0.2) is 13.8 Å². The topological polar surface area (TPSA) is 33.2 Å². The third-order valence-corrected chi connectivity index (χ3v) is 5.66. The number of thiazole rings is 1. The normalized spacial score (nSPS) is 13.6. The highest BCUT2D eigenvalue weighted by Crippen LogP contribution is 2.35. The van der Waals surface area contributed by atoms with E-state index in [1.165, 1.54) is 22.3 Å². The number of fused-ring (bicyclic) bond motifs is 1. The lowest BCUT2D eigenvalue weighted by atomic mass is 10.0. The van der Waals surface area contributed by atoms with Gasteiger partial charge in [-0.2, -0.15) is 0 Å². The van der Waals surface area contributed by atoms with E-state index in [9.17, 15) is 13.6 Å². The molecule has 4 rings (SSSR count). The molecule has 1 amide bonds. The summed E-state index contributed by atoms with van der Waals surface area (Å²) in [5, 5.41) is 0.753. The van der Waals surface area contributed by atoms with Gasteiger partial charge in [-0.05, 0) is 31.4 Å². The molecule has 0 saturated heterocycles. The summed E-state index contributed by atoms with van der Waals surface area (Å²) in [5.74, 6) is -1.59. The number of nitrogens with zero attached hydrogens (tertiary/aromatic N) is 2. The molecule has 0 fully saturated rings. The van der Waals surface area contributed by atoms with Crippen molar-refractivity contribution in [3.63, 3.8) is 0 Å². The molecule has 2 heterocycles. The molecule has 0 saturated carbocycles. The number of benzene rings is 2. The Balaban J connectivity index is 1.73. The number of hydrogen-bond acceptors (Lipinski definition) is 3. The van der Waals surface area contributed by atoms with Crippen LogP contribution in [-0.4, -0.2) is 17.4 Å². The summed E-state index contributed by atoms with van der Waals surface area (Å²) in [7, 11) is 0. The second-order valence-corrected chi connectivity index (χ2v) is 7.25. The van der Waals surface area contributed by atoms with Gasteiger partial charge in [-0.1, -0.05) is 30.3 Å². The molecule has 0 atom stereocenters. The number of aromatic nitrogens is 1. The van der Waals surface area contributed by atoms with Crippen molar-refractivity contribution >= 4 is 22.9 Å². The van der Waals surface area contributed by atoms with Gasteiger partial charge in [-0.15, -0.1) is 11.3 Å². The molecule has 2 aromatic carbocycles. The van der Waals surface area contributed by atoms with Crippen molar-refractivity contribution in [3.05, 3.63) is 70.2 Å². The average molecular weight is 370 g/mol. The van der Waals surface area contributed by atoms with Gasteiger partial charge >= 0.3 is 0 Å². The first-order valence-electron chi connectivity index (χ1n) is 8.37. The van der Waals surface area contributed by atoms with E-state index in [1.807, 2.05) is 30.3 Å². The molecule has 3 aromatic rings. The number of aryl methyl sites for hydroxylation is 2. The first-order chi connectivity index (χ1) is 12.5. The van der Waals surface area contributed by atoms with Crippen molar-refractivity contribution in [3.8, 4) is 10.6 Å². The Kier molecular flexibility index (Phi) is 4.28. The summed E-state index contributed by atoms with van der Waals surface area (Å²) in [6.07, 6.45) is 1.23. The van der Waals surface area contributed by atoms with Crippen LogP contribution in [0.15, 0.2) is 42.5 Å². The molecule has 0 N–H and O–H groups in total. The van der Waals surface area contributed by atoms with E-state index < -0.39 is 11.6 Å². The van der Waals surface area contributed by atoms with Gasteiger partial charge in [0, 0.05) is 18.2 Å². The lowest BCUT2D eigenvalue weighted by Crippen LogP contribution is -2.36. The largest absolute Gasteiger partial charge is 0.305 e. The summed E-state index contributed by atoms with van der Waals surface area (Å²) >= 11 is 1.30. The van der Waals surface area contributed by atoms with Crippen LogP contribution in [0.25, 0.3) is 10.6 Å². The molecule has 0 aliphatic carbocycles. The summed E-state index contributed by atoms with van der Waals surface area (Å²) in [6.45, 7) is 2.19. The van der Waals surface area contributed by atoms with E-state index in [-0.39, 0.29) is 11.6 Å². The van der Waals surface area contributed by atoms with Crippen molar-refractivity contribution in [2.75, 3.05) is 11.4 Å². The van der Waals surface area contributed by atoms with E-state index in [1.54, 1.807) is 6.92 Å². The van der Waals surface area contributed by atoms with Crippen molar-refractivity contribution in [2.45, 2.75) is 19.8 Å². The van der Waals surface area contributed by atoms with Crippen LogP contribution in [0.3, 0.4) is 0 Å². The van der Waals surface area contributed by atoms with Crippen LogP contribution in [0, 0.1) is 18.6 Å². The second kappa shape index (κ2) is 6.61. The van der Waals surface area contributed by atoms with Gasteiger partial charge in [0.15, 0.2) is 0 Å². The molecule has 26 heavy (non-hydrogen) atoms. The highest BCUT2D eigenvalue weighted by atomic mass is 32.1. The fourth-order valence-corrected chi connectivity index (χ4v) is 4.30. The quantitative estimate of drug-likeness (QED) is 0.637. The van der Waals surface area contributed by atoms with Crippen LogP contribution in [0.4, 0.5) is 14.5 Å². The Morgan fingerprint density at radius 1 is 1.19 bits per heavy atom. The number of amides is 1. The van der Waals surface area contributed by atoms with Crippen LogP contribution in [0.2, 0.25) is 0 Å². The zero-order chi connectivity index (χ0) is 18.3.